The number of hydrogen-bond acceptors (Lipinski definition) is 3. The summed E-state index contributed by atoms with van der Waals surface area (Å²) in [5.41, 5.74) is 0.173. The predicted molar refractivity (Wildman–Crippen MR) is 68.7 cm³/mol. The van der Waals surface area contributed by atoms with Crippen molar-refractivity contribution in [3.8, 4) is 0 Å². The summed E-state index contributed by atoms with van der Waals surface area (Å²) in [7, 11) is -0.799. The van der Waals surface area contributed by atoms with Crippen LogP contribution in [0.2, 0.25) is 0 Å². The second kappa shape index (κ2) is 5.69. The van der Waals surface area contributed by atoms with E-state index in [4.69, 9.17) is 4.74 Å². The minimum atomic E-state index is -0.799. The molecule has 0 bridgehead atoms. The van der Waals surface area contributed by atoms with Gasteiger partial charge in [0.15, 0.2) is 0 Å². The van der Waals surface area contributed by atoms with Gasteiger partial charge in [-0.1, -0.05) is 27.7 Å². The molecule has 1 fully saturated rings. The van der Waals surface area contributed by atoms with E-state index in [-0.39, 0.29) is 10.9 Å². The summed E-state index contributed by atoms with van der Waals surface area (Å²) in [6, 6.07) is 0. The van der Waals surface area contributed by atoms with Gasteiger partial charge in [0.05, 0.1) is 17.4 Å². The lowest BCUT2D eigenvalue weighted by Gasteiger charge is -2.36. The average molecular weight is 250 g/mol. The van der Waals surface area contributed by atoms with Crippen molar-refractivity contribution in [1.29, 1.82) is 0 Å². The molecule has 0 spiro atoms. The van der Waals surface area contributed by atoms with Gasteiger partial charge in [0.25, 0.3) is 0 Å². The van der Waals surface area contributed by atoms with E-state index in [0.717, 1.165) is 23.9 Å². The Morgan fingerprint density at radius 2 is 2.13 bits per heavy atom. The third kappa shape index (κ3) is 4.08. The summed E-state index contributed by atoms with van der Waals surface area (Å²) in [5, 5.41) is 0. The molecular formula is C11H22O2S2. The van der Waals surface area contributed by atoms with Gasteiger partial charge in [-0.25, -0.2) is 0 Å². The highest BCUT2D eigenvalue weighted by atomic mass is 32.2. The maximum Gasteiger partial charge on any atom is 0.141 e. The maximum atomic E-state index is 11.9. The maximum absolute atomic E-state index is 11.9. The monoisotopic (exact) mass is 250 g/mol. The molecule has 1 rings (SSSR count). The van der Waals surface area contributed by atoms with Gasteiger partial charge in [0, 0.05) is 11.5 Å². The van der Waals surface area contributed by atoms with Crippen molar-refractivity contribution in [2.75, 3.05) is 23.9 Å². The fourth-order valence-electron chi connectivity index (χ4n) is 1.49. The standard InChI is InChI=1S/C11H22O2S2/c1-5-14-7-10-13-6-9(8-15(10)12)11(2,3)4/h9-10H,5-8H2,1-4H3/t9-,10-,15?/m0/s1. The molecule has 1 aliphatic heterocycles. The molecular weight excluding hydrogens is 228 g/mol. The first-order chi connectivity index (χ1) is 6.95. The second-order valence-corrected chi connectivity index (χ2v) is 7.97. The fraction of sp³-hybridized carbons (Fsp3) is 1.00. The van der Waals surface area contributed by atoms with E-state index >= 15 is 0 Å². The van der Waals surface area contributed by atoms with Crippen molar-refractivity contribution < 1.29 is 8.95 Å². The van der Waals surface area contributed by atoms with Gasteiger partial charge in [-0.2, -0.15) is 11.8 Å². The van der Waals surface area contributed by atoms with Gasteiger partial charge in [-0.3, -0.25) is 4.21 Å². The van der Waals surface area contributed by atoms with Gasteiger partial charge >= 0.3 is 0 Å². The van der Waals surface area contributed by atoms with Crippen LogP contribution in [0, 0.1) is 11.3 Å². The predicted octanol–water partition coefficient (Wildman–Crippen LogP) is 2.51. The number of rotatable bonds is 3. The lowest BCUT2D eigenvalue weighted by Crippen LogP contribution is -2.41. The molecule has 0 aromatic carbocycles. The van der Waals surface area contributed by atoms with Gasteiger partial charge < -0.3 is 4.74 Å². The van der Waals surface area contributed by atoms with Crippen LogP contribution in [0.25, 0.3) is 0 Å². The van der Waals surface area contributed by atoms with Gasteiger partial charge in [0.2, 0.25) is 0 Å². The minimum absolute atomic E-state index is 0.0338. The quantitative estimate of drug-likeness (QED) is 0.770. The lowest BCUT2D eigenvalue weighted by molar-refractivity contribution is 0.0452. The molecule has 0 aliphatic carbocycles. The summed E-state index contributed by atoms with van der Waals surface area (Å²) >= 11 is 1.81. The zero-order valence-electron chi connectivity index (χ0n) is 10.1. The first kappa shape index (κ1) is 13.5. The fourth-order valence-corrected chi connectivity index (χ4v) is 4.35. The Balaban J connectivity index is 2.45. The molecule has 2 nitrogen and oxygen atoms in total. The highest BCUT2D eigenvalue weighted by molar-refractivity contribution is 8.00. The molecule has 1 aliphatic rings. The summed E-state index contributed by atoms with van der Waals surface area (Å²) < 4.78 is 17.6. The zero-order chi connectivity index (χ0) is 11.5. The Morgan fingerprint density at radius 1 is 1.47 bits per heavy atom. The Bertz CT molecular complexity index is 223. The van der Waals surface area contributed by atoms with Crippen LogP contribution in [0.4, 0.5) is 0 Å². The third-order valence-corrected chi connectivity index (χ3v) is 5.60. The normalized spacial score (nSPS) is 32.9. The molecule has 1 unspecified atom stereocenters. The molecule has 0 N–H and O–H groups in total. The number of thioether (sulfide) groups is 1. The van der Waals surface area contributed by atoms with Crippen LogP contribution in [0.15, 0.2) is 0 Å². The Kier molecular flexibility index (Phi) is 5.13. The van der Waals surface area contributed by atoms with E-state index in [9.17, 15) is 4.21 Å². The third-order valence-electron chi connectivity index (χ3n) is 2.82. The van der Waals surface area contributed by atoms with Crippen molar-refractivity contribution >= 4 is 22.6 Å². The summed E-state index contributed by atoms with van der Waals surface area (Å²) in [4.78, 5) is 0. The molecule has 0 saturated carbocycles. The summed E-state index contributed by atoms with van der Waals surface area (Å²) in [6.07, 6.45) is 0. The summed E-state index contributed by atoms with van der Waals surface area (Å²) in [6.45, 7) is 9.47. The van der Waals surface area contributed by atoms with Gasteiger partial charge in [-0.15, -0.1) is 0 Å². The highest BCUT2D eigenvalue weighted by Gasteiger charge is 2.34. The molecule has 0 radical (unpaired) electrons. The SMILES string of the molecule is CCSC[C@H]1OC[C@H](C(C)(C)C)CS1=O. The van der Waals surface area contributed by atoms with Crippen LogP contribution in [0.1, 0.15) is 27.7 Å². The number of hydrogen-bond donors (Lipinski definition) is 0. The second-order valence-electron chi connectivity index (χ2n) is 5.03. The van der Waals surface area contributed by atoms with Crippen molar-refractivity contribution in [2.24, 2.45) is 11.3 Å². The van der Waals surface area contributed by atoms with Crippen LogP contribution < -0.4 is 0 Å². The zero-order valence-corrected chi connectivity index (χ0v) is 11.7. The van der Waals surface area contributed by atoms with E-state index < -0.39 is 10.8 Å². The Hall–Kier alpha value is 0.460. The molecule has 1 heterocycles. The Labute approximate surface area is 100.0 Å². The molecule has 3 atom stereocenters. The molecule has 1 saturated heterocycles. The van der Waals surface area contributed by atoms with E-state index in [2.05, 4.69) is 27.7 Å². The van der Waals surface area contributed by atoms with E-state index in [1.807, 2.05) is 11.8 Å². The van der Waals surface area contributed by atoms with Crippen molar-refractivity contribution in [3.05, 3.63) is 0 Å². The van der Waals surface area contributed by atoms with Crippen LogP contribution in [0.5, 0.6) is 0 Å². The largest absolute Gasteiger partial charge is 0.364 e. The summed E-state index contributed by atoms with van der Waals surface area (Å²) in [5.74, 6) is 3.18. The lowest BCUT2D eigenvalue weighted by atomic mass is 9.82. The van der Waals surface area contributed by atoms with Crippen molar-refractivity contribution in [2.45, 2.75) is 33.1 Å². The minimum Gasteiger partial charge on any atom is -0.364 e. The Morgan fingerprint density at radius 3 is 2.60 bits per heavy atom. The van der Waals surface area contributed by atoms with Crippen molar-refractivity contribution in [3.63, 3.8) is 0 Å². The van der Waals surface area contributed by atoms with E-state index in [1.165, 1.54) is 0 Å². The van der Waals surface area contributed by atoms with Crippen LogP contribution in [-0.2, 0) is 15.5 Å². The first-order valence-electron chi connectivity index (χ1n) is 5.51. The number of ether oxygens (including phenoxy) is 1. The van der Waals surface area contributed by atoms with Gasteiger partial charge in [0.1, 0.15) is 5.44 Å². The molecule has 0 aromatic heterocycles. The smallest absolute Gasteiger partial charge is 0.141 e. The van der Waals surface area contributed by atoms with Gasteiger partial charge in [-0.05, 0) is 17.1 Å². The highest BCUT2D eigenvalue weighted by Crippen LogP contribution is 2.31. The van der Waals surface area contributed by atoms with Crippen molar-refractivity contribution in [1.82, 2.24) is 0 Å². The molecule has 0 aromatic rings. The average Bonchev–Trinajstić information content (AvgIpc) is 2.14. The van der Waals surface area contributed by atoms with E-state index in [1.54, 1.807) is 0 Å². The topological polar surface area (TPSA) is 26.3 Å². The molecule has 4 heteroatoms. The molecule has 90 valence electrons. The van der Waals surface area contributed by atoms with Crippen LogP contribution in [-0.4, -0.2) is 33.5 Å². The van der Waals surface area contributed by atoms with Crippen LogP contribution >= 0.6 is 11.8 Å². The molecule has 0 amide bonds. The van der Waals surface area contributed by atoms with E-state index in [0.29, 0.717) is 5.92 Å². The molecule has 15 heavy (non-hydrogen) atoms. The van der Waals surface area contributed by atoms with Crippen LogP contribution in [0.3, 0.4) is 0 Å². The first-order valence-corrected chi connectivity index (χ1v) is 8.05.